The normalized spacial score (nSPS) is 22.3. The van der Waals surface area contributed by atoms with E-state index in [0.717, 1.165) is 6.54 Å². The summed E-state index contributed by atoms with van der Waals surface area (Å²) in [5, 5.41) is 3.62. The predicted molar refractivity (Wildman–Crippen MR) is 53.0 cm³/mol. The molecule has 2 rings (SSSR count). The summed E-state index contributed by atoms with van der Waals surface area (Å²) in [5.74, 6) is -0.277. The molecule has 0 saturated carbocycles. The lowest BCUT2D eigenvalue weighted by Crippen LogP contribution is -2.35. The first-order valence-corrected chi connectivity index (χ1v) is 4.92. The molecular weight excluding hydrogens is 205 g/mol. The van der Waals surface area contributed by atoms with Crippen LogP contribution in [0.2, 0.25) is 5.02 Å². The van der Waals surface area contributed by atoms with Crippen LogP contribution in [0.25, 0.3) is 0 Å². The lowest BCUT2D eigenvalue weighted by atomic mass is 10.1. The molecule has 1 fully saturated rings. The van der Waals surface area contributed by atoms with Crippen LogP contribution in [-0.4, -0.2) is 19.8 Å². The highest BCUT2D eigenvalue weighted by atomic mass is 35.5. The molecule has 2 nitrogen and oxygen atoms in total. The molecule has 0 aliphatic carbocycles. The summed E-state index contributed by atoms with van der Waals surface area (Å²) < 4.78 is 18.7. The van der Waals surface area contributed by atoms with Crippen LogP contribution in [0, 0.1) is 5.82 Å². The van der Waals surface area contributed by atoms with Crippen molar-refractivity contribution in [2.75, 3.05) is 19.8 Å². The Bertz CT molecular complexity index is 306. The summed E-state index contributed by atoms with van der Waals surface area (Å²) in [4.78, 5) is 0. The number of hydrogen-bond acceptors (Lipinski definition) is 2. The third kappa shape index (κ3) is 1.90. The minimum absolute atomic E-state index is 0.127. The second-order valence-corrected chi connectivity index (χ2v) is 3.62. The molecule has 1 aromatic rings. The average molecular weight is 216 g/mol. The molecule has 0 unspecified atom stereocenters. The summed E-state index contributed by atoms with van der Waals surface area (Å²) in [5.41, 5.74) is 0.508. The summed E-state index contributed by atoms with van der Waals surface area (Å²) in [6.45, 7) is 1.87. The maximum Gasteiger partial charge on any atom is 0.129 e. The van der Waals surface area contributed by atoms with Crippen molar-refractivity contribution in [3.8, 4) is 0 Å². The Kier molecular flexibility index (Phi) is 3.01. The van der Waals surface area contributed by atoms with Gasteiger partial charge in [-0.3, -0.25) is 0 Å². The van der Waals surface area contributed by atoms with Gasteiger partial charge in [0.05, 0.1) is 19.3 Å². The molecule has 76 valence electrons. The second kappa shape index (κ2) is 4.26. The van der Waals surface area contributed by atoms with Gasteiger partial charge in [-0.05, 0) is 12.1 Å². The maximum absolute atomic E-state index is 13.5. The van der Waals surface area contributed by atoms with Gasteiger partial charge in [0.15, 0.2) is 0 Å². The van der Waals surface area contributed by atoms with Crippen LogP contribution in [0.4, 0.5) is 4.39 Å². The molecular formula is C10H11ClFNO. The monoisotopic (exact) mass is 215 g/mol. The van der Waals surface area contributed by atoms with Crippen molar-refractivity contribution in [1.29, 1.82) is 0 Å². The van der Waals surface area contributed by atoms with E-state index in [1.165, 1.54) is 6.07 Å². The molecule has 14 heavy (non-hydrogen) atoms. The largest absolute Gasteiger partial charge is 0.378 e. The number of halogens is 2. The van der Waals surface area contributed by atoms with Crippen molar-refractivity contribution in [1.82, 2.24) is 5.32 Å². The van der Waals surface area contributed by atoms with Gasteiger partial charge in [-0.1, -0.05) is 17.7 Å². The van der Waals surface area contributed by atoms with Crippen molar-refractivity contribution in [3.05, 3.63) is 34.6 Å². The first kappa shape index (κ1) is 9.90. The van der Waals surface area contributed by atoms with Crippen LogP contribution in [0.5, 0.6) is 0 Å². The van der Waals surface area contributed by atoms with Gasteiger partial charge in [-0.15, -0.1) is 0 Å². The van der Waals surface area contributed by atoms with Crippen molar-refractivity contribution in [2.45, 2.75) is 6.04 Å². The second-order valence-electron chi connectivity index (χ2n) is 3.22. The maximum atomic E-state index is 13.5. The van der Waals surface area contributed by atoms with Gasteiger partial charge in [-0.2, -0.15) is 0 Å². The third-order valence-corrected chi connectivity index (χ3v) is 2.60. The lowest BCUT2D eigenvalue weighted by Gasteiger charge is -2.25. The van der Waals surface area contributed by atoms with E-state index < -0.39 is 0 Å². The fourth-order valence-electron chi connectivity index (χ4n) is 1.59. The third-order valence-electron chi connectivity index (χ3n) is 2.27. The van der Waals surface area contributed by atoms with E-state index >= 15 is 0 Å². The first-order valence-electron chi connectivity index (χ1n) is 4.54. The van der Waals surface area contributed by atoms with Crippen LogP contribution in [0.3, 0.4) is 0 Å². The van der Waals surface area contributed by atoms with Crippen LogP contribution < -0.4 is 5.32 Å². The molecule has 1 N–H and O–H groups in total. The molecule has 0 bridgehead atoms. The molecule has 1 saturated heterocycles. The lowest BCUT2D eigenvalue weighted by molar-refractivity contribution is 0.0758. The van der Waals surface area contributed by atoms with Gasteiger partial charge in [0, 0.05) is 17.1 Å². The quantitative estimate of drug-likeness (QED) is 0.775. The van der Waals surface area contributed by atoms with E-state index in [0.29, 0.717) is 23.8 Å². The standard InChI is InChI=1S/C10H11ClFNO/c11-7-2-1-3-8(12)10(7)9-6-14-5-4-13-9/h1-3,9,13H,4-6H2/t9-/m1/s1. The average Bonchev–Trinajstić information content (AvgIpc) is 2.19. The smallest absolute Gasteiger partial charge is 0.129 e. The fourth-order valence-corrected chi connectivity index (χ4v) is 1.89. The fraction of sp³-hybridized carbons (Fsp3) is 0.400. The van der Waals surface area contributed by atoms with Gasteiger partial charge in [0.1, 0.15) is 5.82 Å². The Morgan fingerprint density at radius 1 is 1.50 bits per heavy atom. The molecule has 0 amide bonds. The Hall–Kier alpha value is -0.640. The van der Waals surface area contributed by atoms with E-state index in [-0.39, 0.29) is 11.9 Å². The van der Waals surface area contributed by atoms with Crippen LogP contribution in [-0.2, 0) is 4.74 Å². The zero-order valence-electron chi connectivity index (χ0n) is 7.59. The number of rotatable bonds is 1. The van der Waals surface area contributed by atoms with E-state index in [1.807, 2.05) is 0 Å². The van der Waals surface area contributed by atoms with Gasteiger partial charge in [0.25, 0.3) is 0 Å². The minimum atomic E-state index is -0.277. The summed E-state index contributed by atoms with van der Waals surface area (Å²) in [7, 11) is 0. The Morgan fingerprint density at radius 2 is 2.36 bits per heavy atom. The van der Waals surface area contributed by atoms with Gasteiger partial charge in [0.2, 0.25) is 0 Å². The van der Waals surface area contributed by atoms with Gasteiger partial charge in [-0.25, -0.2) is 4.39 Å². The highest BCUT2D eigenvalue weighted by Crippen LogP contribution is 2.26. The van der Waals surface area contributed by atoms with Gasteiger partial charge < -0.3 is 10.1 Å². The predicted octanol–water partition coefficient (Wildman–Crippen LogP) is 2.14. The number of hydrogen-bond donors (Lipinski definition) is 1. The molecule has 0 radical (unpaired) electrons. The van der Waals surface area contributed by atoms with Crippen molar-refractivity contribution < 1.29 is 9.13 Å². The van der Waals surface area contributed by atoms with Crippen LogP contribution in [0.15, 0.2) is 18.2 Å². The Labute approximate surface area is 87.0 Å². The summed E-state index contributed by atoms with van der Waals surface area (Å²) in [6, 6.07) is 4.58. The van der Waals surface area contributed by atoms with E-state index in [9.17, 15) is 4.39 Å². The van der Waals surface area contributed by atoms with Crippen molar-refractivity contribution >= 4 is 11.6 Å². The molecule has 0 aromatic heterocycles. The van der Waals surface area contributed by atoms with Gasteiger partial charge >= 0.3 is 0 Å². The zero-order valence-corrected chi connectivity index (χ0v) is 8.35. The molecule has 1 atom stereocenters. The van der Waals surface area contributed by atoms with E-state index in [2.05, 4.69) is 5.32 Å². The molecule has 1 aliphatic rings. The minimum Gasteiger partial charge on any atom is -0.378 e. The SMILES string of the molecule is Fc1cccc(Cl)c1[C@H]1COCCN1. The number of nitrogens with one attached hydrogen (secondary N) is 1. The van der Waals surface area contributed by atoms with Crippen LogP contribution in [0.1, 0.15) is 11.6 Å². The molecule has 0 spiro atoms. The topological polar surface area (TPSA) is 21.3 Å². The molecule has 1 aliphatic heterocycles. The van der Waals surface area contributed by atoms with Crippen LogP contribution >= 0.6 is 11.6 Å². The highest BCUT2D eigenvalue weighted by molar-refractivity contribution is 6.31. The summed E-state index contributed by atoms with van der Waals surface area (Å²) >= 11 is 5.93. The molecule has 1 aromatic carbocycles. The number of morpholine rings is 1. The number of benzene rings is 1. The zero-order chi connectivity index (χ0) is 9.97. The van der Waals surface area contributed by atoms with Crippen molar-refractivity contribution in [2.24, 2.45) is 0 Å². The summed E-state index contributed by atoms with van der Waals surface area (Å²) in [6.07, 6.45) is 0. The first-order chi connectivity index (χ1) is 6.79. The van der Waals surface area contributed by atoms with E-state index in [4.69, 9.17) is 16.3 Å². The Morgan fingerprint density at radius 3 is 3.00 bits per heavy atom. The number of ether oxygens (including phenoxy) is 1. The highest BCUT2D eigenvalue weighted by Gasteiger charge is 2.20. The Balaban J connectivity index is 2.29. The molecule has 1 heterocycles. The molecule has 4 heteroatoms. The van der Waals surface area contributed by atoms with Crippen molar-refractivity contribution in [3.63, 3.8) is 0 Å². The van der Waals surface area contributed by atoms with E-state index in [1.54, 1.807) is 12.1 Å².